The summed E-state index contributed by atoms with van der Waals surface area (Å²) in [6.45, 7) is 0. The van der Waals surface area contributed by atoms with Gasteiger partial charge in [-0.05, 0) is 34.7 Å². The quantitative estimate of drug-likeness (QED) is 0.719. The first-order valence-electron chi connectivity index (χ1n) is 7.32. The van der Waals surface area contributed by atoms with E-state index in [1.807, 2.05) is 72.8 Å². The number of hydrogen-bond donors (Lipinski definition) is 2. The Morgan fingerprint density at radius 2 is 1.35 bits per heavy atom. The van der Waals surface area contributed by atoms with Crippen molar-refractivity contribution < 1.29 is 14.4 Å². The van der Waals surface area contributed by atoms with E-state index in [1.54, 1.807) is 6.07 Å². The minimum atomic E-state index is -4.34. The van der Waals surface area contributed by atoms with Gasteiger partial charge in [0.2, 0.25) is 0 Å². The molecule has 0 saturated heterocycles. The predicted molar refractivity (Wildman–Crippen MR) is 92.8 cm³/mol. The average Bonchev–Trinajstić information content (AvgIpc) is 2.56. The van der Waals surface area contributed by atoms with Crippen LogP contribution in [0.15, 0.2) is 78.9 Å². The van der Waals surface area contributed by atoms with E-state index < -0.39 is 7.60 Å². The van der Waals surface area contributed by atoms with E-state index >= 15 is 0 Å². The second-order valence-corrected chi connectivity index (χ2v) is 6.99. The second-order valence-electron chi connectivity index (χ2n) is 5.42. The molecule has 0 atom stereocenters. The van der Waals surface area contributed by atoms with Crippen molar-refractivity contribution in [2.24, 2.45) is 0 Å². The monoisotopic (exact) mass is 324 g/mol. The molecule has 23 heavy (non-hydrogen) atoms. The van der Waals surface area contributed by atoms with Gasteiger partial charge in [0.15, 0.2) is 0 Å². The average molecular weight is 324 g/mol. The lowest BCUT2D eigenvalue weighted by molar-refractivity contribution is 0.387. The molecule has 0 aromatic heterocycles. The minimum Gasteiger partial charge on any atom is -0.321 e. The summed E-state index contributed by atoms with van der Waals surface area (Å²) in [5.74, 6) is 0. The lowest BCUT2D eigenvalue weighted by Crippen LogP contribution is -2.12. The first-order chi connectivity index (χ1) is 11.0. The van der Waals surface area contributed by atoms with Crippen LogP contribution < -0.4 is 5.30 Å². The normalized spacial score (nSPS) is 11.4. The fourth-order valence-electron chi connectivity index (χ4n) is 2.61. The van der Waals surface area contributed by atoms with Crippen molar-refractivity contribution in [2.45, 2.75) is 6.42 Å². The first kappa shape index (κ1) is 15.7. The molecular formula is C19H17O3P. The molecule has 0 spiro atoms. The van der Waals surface area contributed by atoms with Gasteiger partial charge >= 0.3 is 7.60 Å². The van der Waals surface area contributed by atoms with Gasteiger partial charge in [-0.15, -0.1) is 0 Å². The van der Waals surface area contributed by atoms with Crippen molar-refractivity contribution in [2.75, 3.05) is 0 Å². The molecule has 3 nitrogen and oxygen atoms in total. The molecule has 0 aliphatic heterocycles. The Morgan fingerprint density at radius 3 is 1.96 bits per heavy atom. The first-order valence-corrected chi connectivity index (χ1v) is 8.94. The molecule has 0 aliphatic carbocycles. The highest BCUT2D eigenvalue weighted by atomic mass is 31.2. The summed E-state index contributed by atoms with van der Waals surface area (Å²) in [4.78, 5) is 19.5. The molecule has 0 heterocycles. The number of rotatable bonds is 4. The largest absolute Gasteiger partial charge is 0.356 e. The van der Waals surface area contributed by atoms with Crippen LogP contribution in [0.4, 0.5) is 0 Å². The molecule has 4 heteroatoms. The Bertz CT molecular complexity index is 839. The SMILES string of the molecule is O=P(O)(O)c1cc(-c2ccccc2)ccc1Cc1ccccc1. The topological polar surface area (TPSA) is 57.5 Å². The van der Waals surface area contributed by atoms with E-state index in [2.05, 4.69) is 0 Å². The van der Waals surface area contributed by atoms with Crippen LogP contribution in [0, 0.1) is 0 Å². The lowest BCUT2D eigenvalue weighted by Gasteiger charge is -2.13. The van der Waals surface area contributed by atoms with Gasteiger partial charge in [0.25, 0.3) is 0 Å². The highest BCUT2D eigenvalue weighted by Crippen LogP contribution is 2.37. The highest BCUT2D eigenvalue weighted by molar-refractivity contribution is 7.60. The van der Waals surface area contributed by atoms with Gasteiger partial charge in [-0.1, -0.05) is 72.8 Å². The van der Waals surface area contributed by atoms with Crippen LogP contribution in [-0.2, 0) is 11.0 Å². The van der Waals surface area contributed by atoms with Gasteiger partial charge < -0.3 is 9.79 Å². The van der Waals surface area contributed by atoms with E-state index in [9.17, 15) is 14.4 Å². The Morgan fingerprint density at radius 1 is 0.739 bits per heavy atom. The summed E-state index contributed by atoms with van der Waals surface area (Å²) in [6.07, 6.45) is 0.496. The zero-order valence-electron chi connectivity index (χ0n) is 12.5. The van der Waals surface area contributed by atoms with Crippen LogP contribution in [-0.4, -0.2) is 9.79 Å². The maximum Gasteiger partial charge on any atom is 0.356 e. The fraction of sp³-hybridized carbons (Fsp3) is 0.0526. The third kappa shape index (κ3) is 3.77. The molecule has 0 bridgehead atoms. The molecule has 0 radical (unpaired) electrons. The van der Waals surface area contributed by atoms with E-state index in [0.717, 1.165) is 16.7 Å². The van der Waals surface area contributed by atoms with Gasteiger partial charge in [-0.2, -0.15) is 0 Å². The summed E-state index contributed by atoms with van der Waals surface area (Å²) in [5.41, 5.74) is 3.42. The molecule has 0 amide bonds. The fourth-order valence-corrected chi connectivity index (χ4v) is 3.45. The van der Waals surface area contributed by atoms with Crippen molar-refractivity contribution >= 4 is 12.9 Å². The maximum atomic E-state index is 11.9. The smallest absolute Gasteiger partial charge is 0.321 e. The van der Waals surface area contributed by atoms with Crippen LogP contribution >= 0.6 is 7.60 Å². The van der Waals surface area contributed by atoms with Crippen molar-refractivity contribution in [1.29, 1.82) is 0 Å². The molecule has 0 saturated carbocycles. The van der Waals surface area contributed by atoms with Gasteiger partial charge in [0.1, 0.15) is 0 Å². The molecule has 116 valence electrons. The molecule has 3 aromatic rings. The Hall–Kier alpha value is -2.19. The second kappa shape index (κ2) is 6.51. The third-order valence-electron chi connectivity index (χ3n) is 3.74. The predicted octanol–water partition coefficient (Wildman–Crippen LogP) is 3.75. The van der Waals surface area contributed by atoms with Crippen LogP contribution in [0.5, 0.6) is 0 Å². The number of hydrogen-bond acceptors (Lipinski definition) is 1. The molecule has 0 unspecified atom stereocenters. The van der Waals surface area contributed by atoms with Gasteiger partial charge in [-0.25, -0.2) is 0 Å². The number of benzene rings is 3. The summed E-state index contributed by atoms with van der Waals surface area (Å²) in [6, 6.07) is 24.6. The summed E-state index contributed by atoms with van der Waals surface area (Å²) >= 11 is 0. The summed E-state index contributed by atoms with van der Waals surface area (Å²) < 4.78 is 11.9. The molecular weight excluding hydrogens is 307 g/mol. The van der Waals surface area contributed by atoms with Crippen LogP contribution in [0.25, 0.3) is 11.1 Å². The van der Waals surface area contributed by atoms with Crippen molar-refractivity contribution in [1.82, 2.24) is 0 Å². The van der Waals surface area contributed by atoms with Crippen LogP contribution in [0.3, 0.4) is 0 Å². The van der Waals surface area contributed by atoms with Crippen molar-refractivity contribution in [3.63, 3.8) is 0 Å². The van der Waals surface area contributed by atoms with E-state index in [4.69, 9.17) is 0 Å². The van der Waals surface area contributed by atoms with Crippen molar-refractivity contribution in [3.8, 4) is 11.1 Å². The third-order valence-corrected chi connectivity index (χ3v) is 4.79. The molecule has 3 aromatic carbocycles. The minimum absolute atomic E-state index is 0.0997. The molecule has 3 rings (SSSR count). The Balaban J connectivity index is 2.05. The van der Waals surface area contributed by atoms with Gasteiger partial charge in [-0.3, -0.25) is 4.57 Å². The van der Waals surface area contributed by atoms with E-state index in [0.29, 0.717) is 12.0 Å². The standard InChI is InChI=1S/C19H17O3P/c20-23(21,22)19-14-17(16-9-5-2-6-10-16)11-12-18(19)13-15-7-3-1-4-8-15/h1-12,14H,13H2,(H2,20,21,22). The summed E-state index contributed by atoms with van der Waals surface area (Å²) in [7, 11) is -4.34. The Kier molecular flexibility index (Phi) is 4.44. The maximum absolute atomic E-state index is 11.9. The molecule has 0 aliphatic rings. The summed E-state index contributed by atoms with van der Waals surface area (Å²) in [5, 5.41) is 0.0997. The zero-order chi connectivity index (χ0) is 16.3. The van der Waals surface area contributed by atoms with Gasteiger partial charge in [0, 0.05) is 0 Å². The lowest BCUT2D eigenvalue weighted by atomic mass is 10.0. The van der Waals surface area contributed by atoms with Gasteiger partial charge in [0.05, 0.1) is 5.30 Å². The van der Waals surface area contributed by atoms with Crippen LogP contribution in [0.1, 0.15) is 11.1 Å². The van der Waals surface area contributed by atoms with Crippen LogP contribution in [0.2, 0.25) is 0 Å². The van der Waals surface area contributed by atoms with E-state index in [-0.39, 0.29) is 5.30 Å². The van der Waals surface area contributed by atoms with E-state index in [1.165, 1.54) is 0 Å². The highest BCUT2D eigenvalue weighted by Gasteiger charge is 2.22. The molecule has 0 fully saturated rings. The molecule has 2 N–H and O–H groups in total. The zero-order valence-corrected chi connectivity index (χ0v) is 13.4. The van der Waals surface area contributed by atoms with Crippen molar-refractivity contribution in [3.05, 3.63) is 90.0 Å². The Labute approximate surface area is 135 Å².